The highest BCUT2D eigenvalue weighted by molar-refractivity contribution is 9.10. The predicted octanol–water partition coefficient (Wildman–Crippen LogP) is 3.39. The van der Waals surface area contributed by atoms with E-state index in [1.807, 2.05) is 6.07 Å². The van der Waals surface area contributed by atoms with E-state index in [4.69, 9.17) is 20.9 Å². The second kappa shape index (κ2) is 6.97. The highest BCUT2D eigenvalue weighted by Crippen LogP contribution is 2.27. The zero-order valence-corrected chi connectivity index (χ0v) is 14.1. The van der Waals surface area contributed by atoms with Crippen LogP contribution >= 0.6 is 27.5 Å². The van der Waals surface area contributed by atoms with Crippen molar-refractivity contribution < 1.29 is 9.26 Å². The van der Waals surface area contributed by atoms with Crippen molar-refractivity contribution in [3.63, 3.8) is 0 Å². The molecule has 0 atom stereocenters. The van der Waals surface area contributed by atoms with Gasteiger partial charge in [-0.15, -0.1) is 0 Å². The van der Waals surface area contributed by atoms with Gasteiger partial charge in [0, 0.05) is 11.2 Å². The Bertz CT molecular complexity index is 864. The highest BCUT2D eigenvalue weighted by Gasteiger charge is 2.13. The molecule has 2 heterocycles. The SMILES string of the molecule is O=c1onc(-c2ccccn2)n1CCOc1ccc(Cl)cc1Br. The average molecular weight is 397 g/mol. The summed E-state index contributed by atoms with van der Waals surface area (Å²) in [6, 6.07) is 10.6. The van der Waals surface area contributed by atoms with Gasteiger partial charge in [-0.1, -0.05) is 22.8 Å². The molecule has 0 saturated heterocycles. The minimum absolute atomic E-state index is 0.265. The van der Waals surface area contributed by atoms with Crippen molar-refractivity contribution in [3.05, 3.63) is 62.6 Å². The van der Waals surface area contributed by atoms with Crippen LogP contribution in [0.15, 0.2) is 56.4 Å². The second-order valence-corrected chi connectivity index (χ2v) is 5.85. The van der Waals surface area contributed by atoms with E-state index >= 15 is 0 Å². The third kappa shape index (κ3) is 3.62. The topological polar surface area (TPSA) is 70.2 Å². The van der Waals surface area contributed by atoms with E-state index < -0.39 is 5.76 Å². The minimum atomic E-state index is -0.551. The summed E-state index contributed by atoms with van der Waals surface area (Å²) in [5.41, 5.74) is 0.561. The van der Waals surface area contributed by atoms with Gasteiger partial charge in [-0.05, 0) is 46.3 Å². The number of benzene rings is 1. The number of ether oxygens (including phenoxy) is 1. The van der Waals surface area contributed by atoms with E-state index in [1.54, 1.807) is 36.5 Å². The molecule has 1 aromatic carbocycles. The van der Waals surface area contributed by atoms with Gasteiger partial charge in [-0.3, -0.25) is 14.1 Å². The second-order valence-electron chi connectivity index (χ2n) is 4.56. The molecule has 3 rings (SSSR count). The van der Waals surface area contributed by atoms with E-state index in [0.717, 1.165) is 4.47 Å². The fourth-order valence-electron chi connectivity index (χ4n) is 1.98. The van der Waals surface area contributed by atoms with Crippen LogP contribution in [0, 0.1) is 0 Å². The van der Waals surface area contributed by atoms with Crippen molar-refractivity contribution in [3.8, 4) is 17.3 Å². The van der Waals surface area contributed by atoms with Crippen molar-refractivity contribution in [2.24, 2.45) is 0 Å². The fraction of sp³-hybridized carbons (Fsp3) is 0.133. The molecule has 0 aliphatic rings. The van der Waals surface area contributed by atoms with E-state index in [-0.39, 0.29) is 13.2 Å². The van der Waals surface area contributed by atoms with Crippen LogP contribution in [-0.4, -0.2) is 21.3 Å². The van der Waals surface area contributed by atoms with Gasteiger partial charge in [0.15, 0.2) is 0 Å². The van der Waals surface area contributed by atoms with Gasteiger partial charge in [-0.2, -0.15) is 0 Å². The lowest BCUT2D eigenvalue weighted by Gasteiger charge is -2.09. The number of halogens is 2. The minimum Gasteiger partial charge on any atom is -0.491 e. The Labute approximate surface area is 144 Å². The van der Waals surface area contributed by atoms with Crippen LogP contribution in [0.2, 0.25) is 5.02 Å². The van der Waals surface area contributed by atoms with Crippen molar-refractivity contribution in [1.82, 2.24) is 14.7 Å². The zero-order valence-electron chi connectivity index (χ0n) is 11.8. The number of hydrogen-bond donors (Lipinski definition) is 0. The van der Waals surface area contributed by atoms with E-state index in [0.29, 0.717) is 22.3 Å². The standard InChI is InChI=1S/C15H11BrClN3O3/c16-11-9-10(17)4-5-13(11)22-8-7-20-14(19-23-15(20)21)12-3-1-2-6-18-12/h1-6,9H,7-8H2. The molecule has 23 heavy (non-hydrogen) atoms. The van der Waals surface area contributed by atoms with Crippen LogP contribution in [0.3, 0.4) is 0 Å². The van der Waals surface area contributed by atoms with Gasteiger partial charge in [-0.25, -0.2) is 4.79 Å². The van der Waals surface area contributed by atoms with Gasteiger partial charge >= 0.3 is 5.76 Å². The van der Waals surface area contributed by atoms with Crippen molar-refractivity contribution in [2.45, 2.75) is 6.54 Å². The van der Waals surface area contributed by atoms with Gasteiger partial charge in [0.25, 0.3) is 0 Å². The summed E-state index contributed by atoms with van der Waals surface area (Å²) < 4.78 is 12.5. The Morgan fingerprint density at radius 3 is 2.91 bits per heavy atom. The summed E-state index contributed by atoms with van der Waals surface area (Å²) >= 11 is 9.26. The molecule has 0 aliphatic heterocycles. The zero-order chi connectivity index (χ0) is 16.2. The Balaban J connectivity index is 1.74. The maximum atomic E-state index is 11.8. The van der Waals surface area contributed by atoms with Gasteiger partial charge in [0.1, 0.15) is 18.1 Å². The lowest BCUT2D eigenvalue weighted by molar-refractivity contribution is 0.289. The first-order valence-corrected chi connectivity index (χ1v) is 7.88. The van der Waals surface area contributed by atoms with Crippen LogP contribution < -0.4 is 10.5 Å². The number of pyridine rings is 1. The van der Waals surface area contributed by atoms with Crippen molar-refractivity contribution >= 4 is 27.5 Å². The average Bonchev–Trinajstić information content (AvgIpc) is 2.91. The molecule has 0 unspecified atom stereocenters. The van der Waals surface area contributed by atoms with E-state index in [9.17, 15) is 4.79 Å². The molecule has 118 valence electrons. The Hall–Kier alpha value is -2.12. The third-order valence-electron chi connectivity index (χ3n) is 3.05. The van der Waals surface area contributed by atoms with Crippen molar-refractivity contribution in [1.29, 1.82) is 0 Å². The van der Waals surface area contributed by atoms with Crippen LogP contribution in [0.4, 0.5) is 0 Å². The summed E-state index contributed by atoms with van der Waals surface area (Å²) in [4.78, 5) is 16.0. The van der Waals surface area contributed by atoms with E-state index in [2.05, 4.69) is 26.1 Å². The molecule has 3 aromatic rings. The summed E-state index contributed by atoms with van der Waals surface area (Å²) in [5.74, 6) is 0.456. The molecule has 0 aliphatic carbocycles. The smallest absolute Gasteiger partial charge is 0.442 e. The Kier molecular flexibility index (Phi) is 4.78. The summed E-state index contributed by atoms with van der Waals surface area (Å²) in [6.45, 7) is 0.546. The molecule has 8 heteroatoms. The summed E-state index contributed by atoms with van der Waals surface area (Å²) in [6.07, 6.45) is 1.63. The Morgan fingerprint density at radius 1 is 1.30 bits per heavy atom. The number of aromatic nitrogens is 3. The third-order valence-corrected chi connectivity index (χ3v) is 3.90. The fourth-order valence-corrected chi connectivity index (χ4v) is 2.78. The first-order chi connectivity index (χ1) is 11.1. The molecule has 0 amide bonds. The number of nitrogens with zero attached hydrogens (tertiary/aromatic N) is 3. The highest BCUT2D eigenvalue weighted by atomic mass is 79.9. The first-order valence-electron chi connectivity index (χ1n) is 6.71. The molecule has 0 fully saturated rings. The molecule has 0 saturated carbocycles. The molecular formula is C15H11BrClN3O3. The van der Waals surface area contributed by atoms with Gasteiger partial charge in [0.2, 0.25) is 5.82 Å². The first kappa shape index (κ1) is 15.8. The summed E-state index contributed by atoms with van der Waals surface area (Å²) in [5, 5.41) is 4.38. The molecule has 0 radical (unpaired) electrons. The molecule has 0 spiro atoms. The van der Waals surface area contributed by atoms with Crippen LogP contribution in [-0.2, 0) is 6.54 Å². The molecule has 0 N–H and O–H groups in total. The van der Waals surface area contributed by atoms with Gasteiger partial charge < -0.3 is 4.74 Å². The van der Waals surface area contributed by atoms with Crippen LogP contribution in [0.25, 0.3) is 11.5 Å². The van der Waals surface area contributed by atoms with E-state index in [1.165, 1.54) is 4.57 Å². The monoisotopic (exact) mass is 395 g/mol. The van der Waals surface area contributed by atoms with Crippen molar-refractivity contribution in [2.75, 3.05) is 6.61 Å². The normalized spacial score (nSPS) is 10.7. The molecule has 2 aromatic heterocycles. The van der Waals surface area contributed by atoms with Gasteiger partial charge in [0.05, 0.1) is 11.0 Å². The number of hydrogen-bond acceptors (Lipinski definition) is 5. The predicted molar refractivity (Wildman–Crippen MR) is 88.6 cm³/mol. The summed E-state index contributed by atoms with van der Waals surface area (Å²) in [7, 11) is 0. The Morgan fingerprint density at radius 2 is 2.17 bits per heavy atom. The molecular weight excluding hydrogens is 386 g/mol. The lowest BCUT2D eigenvalue weighted by atomic mass is 10.3. The molecule has 0 bridgehead atoms. The maximum Gasteiger partial charge on any atom is 0.442 e. The van der Waals surface area contributed by atoms with Crippen LogP contribution in [0.5, 0.6) is 5.75 Å². The van der Waals surface area contributed by atoms with Crippen LogP contribution in [0.1, 0.15) is 0 Å². The number of rotatable bonds is 5. The lowest BCUT2D eigenvalue weighted by Crippen LogP contribution is -2.20. The quantitative estimate of drug-likeness (QED) is 0.661. The molecule has 6 nitrogen and oxygen atoms in total. The maximum absolute atomic E-state index is 11.8. The largest absolute Gasteiger partial charge is 0.491 e.